The lowest BCUT2D eigenvalue weighted by Crippen LogP contribution is -2.18. The topological polar surface area (TPSA) is 113 Å². The maximum Gasteiger partial charge on any atom is 0.160 e. The zero-order valence-electron chi connectivity index (χ0n) is 5.97. The molecule has 0 saturated heterocycles. The van der Waals surface area contributed by atoms with E-state index in [1.165, 1.54) is 6.33 Å². The van der Waals surface area contributed by atoms with Gasteiger partial charge in [0.25, 0.3) is 0 Å². The van der Waals surface area contributed by atoms with Crippen LogP contribution >= 0.6 is 12.2 Å². The lowest BCUT2D eigenvalue weighted by Gasteiger charge is -1.70. The predicted molar refractivity (Wildman–Crippen MR) is 48.0 cm³/mol. The minimum Gasteiger partial charge on any atom is -0.377 e. The first-order valence-corrected chi connectivity index (χ1v) is 2.89. The van der Waals surface area contributed by atoms with Gasteiger partial charge in [-0.3, -0.25) is 0 Å². The molecule has 7 N–H and O–H groups in total. The van der Waals surface area contributed by atoms with Crippen LogP contribution in [-0.4, -0.2) is 15.1 Å². The van der Waals surface area contributed by atoms with Gasteiger partial charge < -0.3 is 17.6 Å². The molecule has 0 aliphatic heterocycles. The first-order valence-electron chi connectivity index (χ1n) is 2.48. The summed E-state index contributed by atoms with van der Waals surface area (Å²) < 4.78 is 0. The van der Waals surface area contributed by atoms with E-state index in [2.05, 4.69) is 33.7 Å². The maximum atomic E-state index is 4.62. The van der Waals surface area contributed by atoms with Gasteiger partial charge in [-0.05, 0) is 18.3 Å². The van der Waals surface area contributed by atoms with Gasteiger partial charge in [0.15, 0.2) is 5.11 Å². The third-order valence-electron chi connectivity index (χ3n) is 0.478. The lowest BCUT2D eigenvalue weighted by molar-refractivity contribution is 1.17. The summed E-state index contributed by atoms with van der Waals surface area (Å²) in [5.41, 5.74) is 9.24. The van der Waals surface area contributed by atoms with Crippen molar-refractivity contribution in [3.8, 4) is 0 Å². The molecule has 6 heteroatoms. The SMILES string of the molecule is N.NC(N)=S.c1cncnc1. The van der Waals surface area contributed by atoms with Gasteiger partial charge in [-0.2, -0.15) is 0 Å². The molecule has 11 heavy (non-hydrogen) atoms. The molecule has 0 saturated carbocycles. The van der Waals surface area contributed by atoms with Crippen LogP contribution in [0.15, 0.2) is 24.8 Å². The minimum absolute atomic E-state index is 0. The van der Waals surface area contributed by atoms with Crippen LogP contribution in [0.25, 0.3) is 0 Å². The zero-order valence-corrected chi connectivity index (χ0v) is 6.79. The summed E-state index contributed by atoms with van der Waals surface area (Å²) in [4.78, 5) is 7.35. The molecule has 0 atom stereocenters. The highest BCUT2D eigenvalue weighted by molar-refractivity contribution is 7.80. The van der Waals surface area contributed by atoms with Crippen molar-refractivity contribution in [1.29, 1.82) is 0 Å². The van der Waals surface area contributed by atoms with Crippen molar-refractivity contribution < 1.29 is 0 Å². The van der Waals surface area contributed by atoms with E-state index in [-0.39, 0.29) is 11.3 Å². The fraction of sp³-hybridized carbons (Fsp3) is 0. The first kappa shape index (κ1) is 12.4. The fourth-order valence-electron chi connectivity index (χ4n) is 0.253. The van der Waals surface area contributed by atoms with Crippen molar-refractivity contribution in [2.75, 3.05) is 0 Å². The average molecular weight is 173 g/mol. The van der Waals surface area contributed by atoms with Gasteiger partial charge in [-0.25, -0.2) is 9.97 Å². The summed E-state index contributed by atoms with van der Waals surface area (Å²) in [5.74, 6) is 0. The molecule has 0 fully saturated rings. The summed E-state index contributed by atoms with van der Waals surface area (Å²) in [7, 11) is 0. The standard InChI is InChI=1S/C4H4N2.CH4N2S.H3N/c1-2-5-4-6-3-1;2-1(3)4;/h1-4H;(H4,2,3,4);1H3. The van der Waals surface area contributed by atoms with Crippen LogP contribution in [-0.2, 0) is 0 Å². The van der Waals surface area contributed by atoms with E-state index >= 15 is 0 Å². The van der Waals surface area contributed by atoms with E-state index in [1.807, 2.05) is 0 Å². The van der Waals surface area contributed by atoms with Crippen LogP contribution in [0.3, 0.4) is 0 Å². The van der Waals surface area contributed by atoms with Crippen LogP contribution in [0.1, 0.15) is 0 Å². The van der Waals surface area contributed by atoms with Crippen molar-refractivity contribution in [3.63, 3.8) is 0 Å². The molecule has 5 nitrogen and oxygen atoms in total. The molecule has 0 spiro atoms. The quantitative estimate of drug-likeness (QED) is 0.469. The predicted octanol–water partition coefficient (Wildman–Crippen LogP) is -0.173. The van der Waals surface area contributed by atoms with E-state index in [1.54, 1.807) is 18.5 Å². The van der Waals surface area contributed by atoms with Gasteiger partial charge in [0, 0.05) is 12.4 Å². The molecule has 0 aromatic carbocycles. The summed E-state index contributed by atoms with van der Waals surface area (Å²) in [6, 6.07) is 1.78. The van der Waals surface area contributed by atoms with Crippen LogP contribution < -0.4 is 17.6 Å². The molecule has 0 bridgehead atoms. The number of rotatable bonds is 0. The van der Waals surface area contributed by atoms with Crippen LogP contribution in [0.5, 0.6) is 0 Å². The Morgan fingerprint density at radius 3 is 1.64 bits per heavy atom. The molecule has 0 aliphatic rings. The van der Waals surface area contributed by atoms with Crippen LogP contribution in [0.2, 0.25) is 0 Å². The highest BCUT2D eigenvalue weighted by Gasteiger charge is 1.59. The molecule has 1 aromatic heterocycles. The number of thiocarbonyl (C=S) groups is 1. The van der Waals surface area contributed by atoms with Crippen molar-refractivity contribution in [3.05, 3.63) is 24.8 Å². The van der Waals surface area contributed by atoms with Crippen LogP contribution in [0.4, 0.5) is 0 Å². The molecule has 0 aliphatic carbocycles. The summed E-state index contributed by atoms with van der Waals surface area (Å²) in [5, 5.41) is 0.000000000000000222. The van der Waals surface area contributed by atoms with E-state index in [4.69, 9.17) is 0 Å². The monoisotopic (exact) mass is 173 g/mol. The smallest absolute Gasteiger partial charge is 0.160 e. The highest BCUT2D eigenvalue weighted by atomic mass is 32.1. The molecular weight excluding hydrogens is 162 g/mol. The number of aromatic nitrogens is 2. The summed E-state index contributed by atoms with van der Waals surface area (Å²) in [6.45, 7) is 0. The van der Waals surface area contributed by atoms with Gasteiger partial charge in [0.05, 0.1) is 0 Å². The number of hydrogen-bond acceptors (Lipinski definition) is 4. The maximum absolute atomic E-state index is 4.62. The largest absolute Gasteiger partial charge is 0.377 e. The molecule has 62 valence electrons. The second kappa shape index (κ2) is 8.73. The Balaban J connectivity index is 0. The van der Waals surface area contributed by atoms with E-state index in [9.17, 15) is 0 Å². The first-order chi connectivity index (χ1) is 4.73. The molecular formula is C5H11N5S. The Morgan fingerprint density at radius 2 is 1.55 bits per heavy atom. The van der Waals surface area contributed by atoms with Gasteiger partial charge >= 0.3 is 0 Å². The average Bonchev–Trinajstić information content (AvgIpc) is 1.90. The summed E-state index contributed by atoms with van der Waals surface area (Å²) >= 11 is 4.09. The second-order valence-corrected chi connectivity index (χ2v) is 1.78. The number of hydrogen-bond donors (Lipinski definition) is 3. The minimum atomic E-state index is 0. The Bertz CT molecular complexity index is 147. The Morgan fingerprint density at radius 1 is 1.18 bits per heavy atom. The Hall–Kier alpha value is -1.27. The fourth-order valence-corrected chi connectivity index (χ4v) is 0.253. The van der Waals surface area contributed by atoms with Gasteiger partial charge in [-0.1, -0.05) is 0 Å². The second-order valence-electron chi connectivity index (χ2n) is 1.31. The van der Waals surface area contributed by atoms with Gasteiger partial charge in [-0.15, -0.1) is 0 Å². The Kier molecular flexibility index (Phi) is 9.85. The third kappa shape index (κ3) is 17.7. The molecule has 0 unspecified atom stereocenters. The van der Waals surface area contributed by atoms with E-state index in [0.29, 0.717) is 0 Å². The number of nitrogens with two attached hydrogens (primary N) is 2. The molecule has 1 aromatic rings. The van der Waals surface area contributed by atoms with Gasteiger partial charge in [0.1, 0.15) is 6.33 Å². The normalized spacial score (nSPS) is 6.55. The molecule has 1 heterocycles. The third-order valence-corrected chi connectivity index (χ3v) is 0.478. The Labute approximate surface area is 70.4 Å². The molecule has 0 radical (unpaired) electrons. The van der Waals surface area contributed by atoms with Crippen molar-refractivity contribution in [2.45, 2.75) is 0 Å². The van der Waals surface area contributed by atoms with Crippen molar-refractivity contribution in [2.24, 2.45) is 11.5 Å². The van der Waals surface area contributed by atoms with E-state index in [0.717, 1.165) is 0 Å². The van der Waals surface area contributed by atoms with Crippen LogP contribution in [0, 0.1) is 0 Å². The highest BCUT2D eigenvalue weighted by Crippen LogP contribution is 1.66. The zero-order chi connectivity index (χ0) is 7.82. The van der Waals surface area contributed by atoms with Crippen molar-refractivity contribution >= 4 is 17.3 Å². The van der Waals surface area contributed by atoms with Gasteiger partial charge in [0.2, 0.25) is 0 Å². The van der Waals surface area contributed by atoms with E-state index < -0.39 is 0 Å². The summed E-state index contributed by atoms with van der Waals surface area (Å²) in [6.07, 6.45) is 4.88. The molecule has 1 rings (SSSR count). The lowest BCUT2D eigenvalue weighted by atomic mass is 10.7. The number of nitrogens with zero attached hydrogens (tertiary/aromatic N) is 2. The molecule has 0 amide bonds. The van der Waals surface area contributed by atoms with Crippen molar-refractivity contribution in [1.82, 2.24) is 16.1 Å².